The SMILES string of the molecule is CC(C)[Si](c1cc2cc(Br)ccc2cc1O)(C(C)C)C(C)C. The first-order valence-corrected chi connectivity index (χ1v) is 11.2. The first-order valence-electron chi connectivity index (χ1n) is 8.14. The Labute approximate surface area is 143 Å². The van der Waals surface area contributed by atoms with Crippen LogP contribution in [0.25, 0.3) is 10.8 Å². The molecular weight excluding hydrogens is 352 g/mol. The van der Waals surface area contributed by atoms with Crippen molar-refractivity contribution in [3.05, 3.63) is 34.8 Å². The van der Waals surface area contributed by atoms with Gasteiger partial charge in [-0.05, 0) is 50.8 Å². The van der Waals surface area contributed by atoms with Gasteiger partial charge in [0.25, 0.3) is 0 Å². The summed E-state index contributed by atoms with van der Waals surface area (Å²) in [6.07, 6.45) is 0. The number of aromatic hydroxyl groups is 1. The highest BCUT2D eigenvalue weighted by atomic mass is 79.9. The zero-order valence-corrected chi connectivity index (χ0v) is 17.0. The molecule has 0 fully saturated rings. The van der Waals surface area contributed by atoms with Gasteiger partial charge in [-0.1, -0.05) is 69.6 Å². The lowest BCUT2D eigenvalue weighted by Gasteiger charge is -2.44. The van der Waals surface area contributed by atoms with Crippen molar-refractivity contribution in [2.24, 2.45) is 0 Å². The number of hydrogen-bond acceptors (Lipinski definition) is 1. The Kier molecular flexibility index (Phi) is 5.08. The van der Waals surface area contributed by atoms with Crippen LogP contribution in [0.15, 0.2) is 34.8 Å². The highest BCUT2D eigenvalue weighted by Crippen LogP contribution is 2.43. The molecule has 0 aromatic heterocycles. The summed E-state index contributed by atoms with van der Waals surface area (Å²) in [6, 6.07) is 10.4. The van der Waals surface area contributed by atoms with Gasteiger partial charge in [0.05, 0.1) is 8.07 Å². The molecule has 0 saturated carbocycles. The molecule has 0 unspecified atom stereocenters. The van der Waals surface area contributed by atoms with Gasteiger partial charge >= 0.3 is 0 Å². The average molecular weight is 379 g/mol. The number of phenols is 1. The highest BCUT2D eigenvalue weighted by Gasteiger charge is 2.45. The van der Waals surface area contributed by atoms with E-state index in [1.807, 2.05) is 12.1 Å². The minimum atomic E-state index is -1.85. The summed E-state index contributed by atoms with van der Waals surface area (Å²) in [4.78, 5) is 0. The first-order chi connectivity index (χ1) is 10.2. The molecule has 0 spiro atoms. The molecule has 0 aliphatic heterocycles. The van der Waals surface area contributed by atoms with Gasteiger partial charge in [0.2, 0.25) is 0 Å². The van der Waals surface area contributed by atoms with Gasteiger partial charge in [-0.25, -0.2) is 0 Å². The molecule has 2 rings (SSSR count). The topological polar surface area (TPSA) is 20.2 Å². The molecule has 0 radical (unpaired) electrons. The van der Waals surface area contributed by atoms with E-state index in [4.69, 9.17) is 0 Å². The average Bonchev–Trinajstić information content (AvgIpc) is 2.39. The van der Waals surface area contributed by atoms with E-state index in [0.29, 0.717) is 22.4 Å². The zero-order chi connectivity index (χ0) is 16.7. The molecule has 120 valence electrons. The summed E-state index contributed by atoms with van der Waals surface area (Å²) >= 11 is 3.56. The molecule has 2 aromatic carbocycles. The molecule has 0 aliphatic carbocycles. The van der Waals surface area contributed by atoms with Crippen molar-refractivity contribution < 1.29 is 5.11 Å². The van der Waals surface area contributed by atoms with Crippen LogP contribution in [-0.4, -0.2) is 13.2 Å². The molecule has 1 nitrogen and oxygen atoms in total. The number of fused-ring (bicyclic) bond motifs is 1. The summed E-state index contributed by atoms with van der Waals surface area (Å²) in [5.74, 6) is 0.484. The second kappa shape index (κ2) is 6.36. The third-order valence-electron chi connectivity index (χ3n) is 5.25. The Bertz CT molecular complexity index is 655. The molecule has 22 heavy (non-hydrogen) atoms. The fourth-order valence-corrected chi connectivity index (χ4v) is 11.7. The van der Waals surface area contributed by atoms with Gasteiger partial charge in [-0.2, -0.15) is 0 Å². The van der Waals surface area contributed by atoms with Gasteiger partial charge in [0.15, 0.2) is 0 Å². The fraction of sp³-hybridized carbons (Fsp3) is 0.474. The summed E-state index contributed by atoms with van der Waals surface area (Å²) < 4.78 is 1.09. The Morgan fingerprint density at radius 3 is 1.86 bits per heavy atom. The van der Waals surface area contributed by atoms with Crippen LogP contribution in [0.4, 0.5) is 0 Å². The summed E-state index contributed by atoms with van der Waals surface area (Å²) in [5.41, 5.74) is 1.76. The van der Waals surface area contributed by atoms with Crippen molar-refractivity contribution in [2.45, 2.75) is 58.2 Å². The van der Waals surface area contributed by atoms with E-state index in [1.54, 1.807) is 0 Å². The maximum Gasteiger partial charge on any atom is 0.115 e. The van der Waals surface area contributed by atoms with Crippen molar-refractivity contribution in [1.29, 1.82) is 0 Å². The van der Waals surface area contributed by atoms with Crippen LogP contribution < -0.4 is 5.19 Å². The number of phenolic OH excluding ortho intramolecular Hbond substituents is 1. The minimum Gasteiger partial charge on any atom is -0.508 e. The molecule has 3 heteroatoms. The quantitative estimate of drug-likeness (QED) is 0.628. The van der Waals surface area contributed by atoms with Crippen LogP contribution in [0, 0.1) is 0 Å². The van der Waals surface area contributed by atoms with E-state index < -0.39 is 8.07 Å². The van der Waals surface area contributed by atoms with Crippen molar-refractivity contribution in [1.82, 2.24) is 0 Å². The van der Waals surface area contributed by atoms with Crippen LogP contribution >= 0.6 is 15.9 Å². The molecular formula is C19H27BrOSi. The van der Waals surface area contributed by atoms with E-state index in [0.717, 1.165) is 9.86 Å². The van der Waals surface area contributed by atoms with Gasteiger partial charge < -0.3 is 5.11 Å². The van der Waals surface area contributed by atoms with Gasteiger partial charge in [-0.15, -0.1) is 0 Å². The second-order valence-electron chi connectivity index (χ2n) is 7.26. The minimum absolute atomic E-state index is 0.484. The molecule has 0 atom stereocenters. The van der Waals surface area contributed by atoms with E-state index >= 15 is 0 Å². The lowest BCUT2D eigenvalue weighted by molar-refractivity contribution is 0.479. The van der Waals surface area contributed by atoms with Crippen molar-refractivity contribution in [2.75, 3.05) is 0 Å². The van der Waals surface area contributed by atoms with Crippen LogP contribution in [0.2, 0.25) is 16.6 Å². The zero-order valence-electron chi connectivity index (χ0n) is 14.4. The molecule has 0 amide bonds. The van der Waals surface area contributed by atoms with E-state index in [-0.39, 0.29) is 0 Å². The number of hydrogen-bond donors (Lipinski definition) is 1. The summed E-state index contributed by atoms with van der Waals surface area (Å²) in [7, 11) is -1.85. The Balaban J connectivity index is 2.81. The number of rotatable bonds is 4. The molecule has 0 heterocycles. The third-order valence-corrected chi connectivity index (χ3v) is 12.8. The maximum absolute atomic E-state index is 10.8. The standard InChI is InChI=1S/C19H27BrOSi/c1-12(2)22(13(3)4,14(5)6)19-11-16-9-17(20)8-7-15(16)10-18(19)21/h7-14,21H,1-6H3. The normalized spacial score (nSPS) is 12.8. The van der Waals surface area contributed by atoms with Gasteiger partial charge in [-0.3, -0.25) is 0 Å². The number of halogens is 1. The van der Waals surface area contributed by atoms with Gasteiger partial charge in [0, 0.05) is 4.47 Å². The Morgan fingerprint density at radius 2 is 1.36 bits per heavy atom. The van der Waals surface area contributed by atoms with E-state index in [1.165, 1.54) is 10.6 Å². The predicted octanol–water partition coefficient (Wildman–Crippen LogP) is 6.19. The largest absolute Gasteiger partial charge is 0.508 e. The molecule has 0 saturated heterocycles. The maximum atomic E-state index is 10.8. The molecule has 2 aromatic rings. The molecule has 1 N–H and O–H groups in total. The monoisotopic (exact) mass is 378 g/mol. The van der Waals surface area contributed by atoms with Crippen LogP contribution in [0.5, 0.6) is 5.75 Å². The smallest absolute Gasteiger partial charge is 0.115 e. The van der Waals surface area contributed by atoms with Crippen LogP contribution in [0.1, 0.15) is 41.5 Å². The number of benzene rings is 2. The highest BCUT2D eigenvalue weighted by molar-refractivity contribution is 9.10. The lowest BCUT2D eigenvalue weighted by atomic mass is 10.1. The van der Waals surface area contributed by atoms with Gasteiger partial charge in [0.1, 0.15) is 5.75 Å². The van der Waals surface area contributed by atoms with Crippen LogP contribution in [-0.2, 0) is 0 Å². The summed E-state index contributed by atoms with van der Waals surface area (Å²) in [5, 5.41) is 14.3. The third kappa shape index (κ3) is 2.74. The van der Waals surface area contributed by atoms with E-state index in [2.05, 4.69) is 75.7 Å². The molecule has 0 bridgehead atoms. The lowest BCUT2D eigenvalue weighted by Crippen LogP contribution is -2.55. The van der Waals surface area contributed by atoms with E-state index in [9.17, 15) is 5.11 Å². The van der Waals surface area contributed by atoms with Crippen molar-refractivity contribution >= 4 is 40.0 Å². The second-order valence-corrected chi connectivity index (χ2v) is 14.0. The van der Waals surface area contributed by atoms with Crippen molar-refractivity contribution in [3.63, 3.8) is 0 Å². The summed E-state index contributed by atoms with van der Waals surface area (Å²) in [6.45, 7) is 14.0. The Morgan fingerprint density at radius 1 is 0.818 bits per heavy atom. The molecule has 0 aliphatic rings. The fourth-order valence-electron chi connectivity index (χ4n) is 4.54. The van der Waals surface area contributed by atoms with Crippen LogP contribution in [0.3, 0.4) is 0 Å². The predicted molar refractivity (Wildman–Crippen MR) is 104 cm³/mol. The first kappa shape index (κ1) is 17.5. The Hall–Kier alpha value is -0.803. The van der Waals surface area contributed by atoms with Crippen molar-refractivity contribution in [3.8, 4) is 5.75 Å².